The second-order valence-electron chi connectivity index (χ2n) is 6.32. The predicted molar refractivity (Wildman–Crippen MR) is 111 cm³/mol. The molecule has 8 nitrogen and oxygen atoms in total. The minimum absolute atomic E-state index is 0.0255. The lowest BCUT2D eigenvalue weighted by Gasteiger charge is -2.18. The largest absolute Gasteiger partial charge is 0.447 e. The van der Waals surface area contributed by atoms with Crippen LogP contribution in [0, 0.1) is 5.82 Å². The fourth-order valence-corrected chi connectivity index (χ4v) is 2.73. The standard InChI is InChI=1S/C20H19ClFN5O3/c1-27(19(28)25-12-14-4-2-6-15(22)18(14)21)8-9-30-20(29)26-17-10-16-13(11-24-17)5-3-7-23-16/h2-7,10-11H,8-9,12H2,1H3,(H,25,28)(H,24,26,29). The topological polar surface area (TPSA) is 96.4 Å². The first-order chi connectivity index (χ1) is 14.4. The van der Waals surface area contributed by atoms with E-state index in [2.05, 4.69) is 20.6 Å². The number of carbonyl (C=O) groups is 2. The highest BCUT2D eigenvalue weighted by molar-refractivity contribution is 6.31. The van der Waals surface area contributed by atoms with Crippen LogP contribution in [0.4, 0.5) is 19.8 Å². The maximum absolute atomic E-state index is 13.4. The molecule has 156 valence electrons. The molecule has 0 saturated carbocycles. The van der Waals surface area contributed by atoms with Crippen molar-refractivity contribution < 1.29 is 18.7 Å². The average Bonchev–Trinajstić information content (AvgIpc) is 2.74. The van der Waals surface area contributed by atoms with Gasteiger partial charge in [-0.15, -0.1) is 0 Å². The lowest BCUT2D eigenvalue weighted by atomic mass is 10.2. The molecule has 0 aliphatic heterocycles. The number of carbonyl (C=O) groups excluding carboxylic acids is 2. The van der Waals surface area contributed by atoms with Gasteiger partial charge in [-0.05, 0) is 23.8 Å². The molecule has 0 atom stereocenters. The van der Waals surface area contributed by atoms with Gasteiger partial charge in [-0.2, -0.15) is 0 Å². The third-order valence-electron chi connectivity index (χ3n) is 4.19. The van der Waals surface area contributed by atoms with Crippen LogP contribution in [0.5, 0.6) is 0 Å². The number of nitrogens with one attached hydrogen (secondary N) is 2. The van der Waals surface area contributed by atoms with Crippen LogP contribution in [0.15, 0.2) is 48.8 Å². The Morgan fingerprint density at radius 1 is 1.23 bits per heavy atom. The van der Waals surface area contributed by atoms with Gasteiger partial charge in [0.1, 0.15) is 18.2 Å². The van der Waals surface area contributed by atoms with Crippen LogP contribution >= 0.6 is 11.6 Å². The number of rotatable bonds is 6. The third-order valence-corrected chi connectivity index (χ3v) is 4.61. The molecule has 1 aromatic carbocycles. The summed E-state index contributed by atoms with van der Waals surface area (Å²) < 4.78 is 18.5. The number of benzene rings is 1. The molecule has 0 fully saturated rings. The van der Waals surface area contributed by atoms with Gasteiger partial charge in [0.2, 0.25) is 0 Å². The second-order valence-corrected chi connectivity index (χ2v) is 6.70. The first-order valence-corrected chi connectivity index (χ1v) is 9.38. The summed E-state index contributed by atoms with van der Waals surface area (Å²) in [6.45, 7) is 0.202. The van der Waals surface area contributed by atoms with Gasteiger partial charge in [-0.1, -0.05) is 23.7 Å². The summed E-state index contributed by atoms with van der Waals surface area (Å²) in [4.78, 5) is 33.7. The molecule has 0 aliphatic carbocycles. The van der Waals surface area contributed by atoms with Gasteiger partial charge < -0.3 is 15.0 Å². The molecule has 3 amide bonds. The summed E-state index contributed by atoms with van der Waals surface area (Å²) in [5.41, 5.74) is 1.16. The van der Waals surface area contributed by atoms with Crippen LogP contribution < -0.4 is 10.6 Å². The molecule has 2 heterocycles. The number of fused-ring (bicyclic) bond motifs is 1. The number of hydrogen-bond acceptors (Lipinski definition) is 5. The van der Waals surface area contributed by atoms with E-state index in [1.807, 2.05) is 6.07 Å². The van der Waals surface area contributed by atoms with E-state index in [1.54, 1.807) is 37.6 Å². The molecule has 0 radical (unpaired) electrons. The quantitative estimate of drug-likeness (QED) is 0.618. The SMILES string of the molecule is CN(CCOC(=O)Nc1cc2ncccc2cn1)C(=O)NCc1cccc(F)c1Cl. The Bertz CT molecular complexity index is 1070. The Morgan fingerprint density at radius 3 is 2.90 bits per heavy atom. The number of nitrogens with zero attached hydrogens (tertiary/aromatic N) is 3. The van der Waals surface area contributed by atoms with E-state index in [0.717, 1.165) is 5.39 Å². The highest BCUT2D eigenvalue weighted by Gasteiger charge is 2.12. The van der Waals surface area contributed by atoms with Crippen molar-refractivity contribution >= 4 is 40.4 Å². The number of halogens is 2. The average molecular weight is 432 g/mol. The van der Waals surface area contributed by atoms with Crippen molar-refractivity contribution in [1.29, 1.82) is 0 Å². The maximum Gasteiger partial charge on any atom is 0.412 e. The normalized spacial score (nSPS) is 10.5. The Hall–Kier alpha value is -3.46. The third kappa shape index (κ3) is 5.54. The highest BCUT2D eigenvalue weighted by Crippen LogP contribution is 2.19. The van der Waals surface area contributed by atoms with Crippen molar-refractivity contribution in [3.63, 3.8) is 0 Å². The Morgan fingerprint density at radius 2 is 2.07 bits per heavy atom. The molecular weight excluding hydrogens is 413 g/mol. The van der Waals surface area contributed by atoms with Crippen LogP contribution in [0.1, 0.15) is 5.56 Å². The lowest BCUT2D eigenvalue weighted by molar-refractivity contribution is 0.146. The number of pyridine rings is 2. The van der Waals surface area contributed by atoms with Gasteiger partial charge in [0.25, 0.3) is 0 Å². The Labute approximate surface area is 177 Å². The molecule has 3 rings (SSSR count). The summed E-state index contributed by atoms with van der Waals surface area (Å²) in [6, 6.07) is 9.25. The molecule has 0 bridgehead atoms. The zero-order valence-corrected chi connectivity index (χ0v) is 16.8. The van der Waals surface area contributed by atoms with E-state index in [1.165, 1.54) is 17.0 Å². The van der Waals surface area contributed by atoms with Crippen molar-refractivity contribution in [2.24, 2.45) is 0 Å². The lowest BCUT2D eigenvalue weighted by Crippen LogP contribution is -2.39. The van der Waals surface area contributed by atoms with Gasteiger partial charge in [-0.25, -0.2) is 19.0 Å². The van der Waals surface area contributed by atoms with Crippen molar-refractivity contribution in [2.45, 2.75) is 6.54 Å². The number of amides is 3. The smallest absolute Gasteiger partial charge is 0.412 e. The van der Waals surface area contributed by atoms with Crippen LogP contribution in [0.2, 0.25) is 5.02 Å². The Kier molecular flexibility index (Phi) is 6.97. The Balaban J connectivity index is 1.41. The van der Waals surface area contributed by atoms with Gasteiger partial charge in [0.05, 0.1) is 17.1 Å². The maximum atomic E-state index is 13.4. The number of aromatic nitrogens is 2. The van der Waals surface area contributed by atoms with E-state index < -0.39 is 17.9 Å². The fraction of sp³-hybridized carbons (Fsp3) is 0.200. The molecule has 30 heavy (non-hydrogen) atoms. The van der Waals surface area contributed by atoms with Crippen LogP contribution in [-0.4, -0.2) is 47.2 Å². The van der Waals surface area contributed by atoms with Gasteiger partial charge in [0, 0.05) is 37.4 Å². The molecule has 0 aliphatic rings. The zero-order chi connectivity index (χ0) is 21.5. The molecule has 2 N–H and O–H groups in total. The van der Waals surface area contributed by atoms with Crippen LogP contribution in [0.25, 0.3) is 10.9 Å². The molecule has 2 aromatic heterocycles. The number of hydrogen-bond donors (Lipinski definition) is 2. The molecule has 0 unspecified atom stereocenters. The molecule has 3 aromatic rings. The number of likely N-dealkylation sites (N-methyl/N-ethyl adjacent to an activating group) is 1. The number of anilines is 1. The van der Waals surface area contributed by atoms with E-state index in [-0.39, 0.29) is 24.7 Å². The van der Waals surface area contributed by atoms with E-state index in [0.29, 0.717) is 16.9 Å². The number of urea groups is 1. The number of ether oxygens (including phenoxy) is 1. The van der Waals surface area contributed by atoms with Crippen molar-refractivity contribution in [3.05, 3.63) is 65.2 Å². The monoisotopic (exact) mass is 431 g/mol. The minimum Gasteiger partial charge on any atom is -0.447 e. The van der Waals surface area contributed by atoms with E-state index in [9.17, 15) is 14.0 Å². The van der Waals surface area contributed by atoms with E-state index in [4.69, 9.17) is 16.3 Å². The van der Waals surface area contributed by atoms with E-state index >= 15 is 0 Å². The summed E-state index contributed by atoms with van der Waals surface area (Å²) in [6.07, 6.45) is 2.55. The minimum atomic E-state index is -0.696. The zero-order valence-electron chi connectivity index (χ0n) is 16.1. The van der Waals surface area contributed by atoms with Crippen molar-refractivity contribution in [3.8, 4) is 0 Å². The van der Waals surface area contributed by atoms with Crippen molar-refractivity contribution in [2.75, 3.05) is 25.5 Å². The van der Waals surface area contributed by atoms with Gasteiger partial charge >= 0.3 is 12.1 Å². The second kappa shape index (κ2) is 9.84. The molecule has 0 saturated heterocycles. The van der Waals surface area contributed by atoms with Gasteiger partial charge in [-0.3, -0.25) is 10.3 Å². The molecule has 0 spiro atoms. The van der Waals surface area contributed by atoms with Crippen LogP contribution in [0.3, 0.4) is 0 Å². The summed E-state index contributed by atoms with van der Waals surface area (Å²) in [5, 5.41) is 5.96. The van der Waals surface area contributed by atoms with Gasteiger partial charge in [0.15, 0.2) is 0 Å². The molecule has 10 heteroatoms. The summed E-state index contributed by atoms with van der Waals surface area (Å²) in [5.74, 6) is -0.239. The highest BCUT2D eigenvalue weighted by atomic mass is 35.5. The first kappa shape index (κ1) is 21.3. The summed E-state index contributed by atoms with van der Waals surface area (Å²) in [7, 11) is 1.54. The fourth-order valence-electron chi connectivity index (χ4n) is 2.54. The predicted octanol–water partition coefficient (Wildman–Crippen LogP) is 3.81. The molecular formula is C20H19ClFN5O3. The first-order valence-electron chi connectivity index (χ1n) is 9.00. The van der Waals surface area contributed by atoms with Crippen LogP contribution in [-0.2, 0) is 11.3 Å². The summed E-state index contributed by atoms with van der Waals surface area (Å²) >= 11 is 5.86. The van der Waals surface area contributed by atoms with Crippen molar-refractivity contribution in [1.82, 2.24) is 20.2 Å².